The molecule has 1 N–H and O–H groups in total. The van der Waals surface area contributed by atoms with E-state index in [4.69, 9.17) is 9.15 Å². The molecule has 1 unspecified atom stereocenters. The molecule has 7 nitrogen and oxygen atoms in total. The van der Waals surface area contributed by atoms with Gasteiger partial charge in [-0.3, -0.25) is 14.5 Å². The summed E-state index contributed by atoms with van der Waals surface area (Å²) in [5, 5.41) is 12.8. The largest absolute Gasteiger partial charge is 0.503 e. The van der Waals surface area contributed by atoms with Gasteiger partial charge >= 0.3 is 0 Å². The van der Waals surface area contributed by atoms with E-state index < -0.39 is 23.5 Å². The standard InChI is InChI=1S/C22H16N2O5S2/c1-2-28-12-7-8-13-16(11-12)31-22(23-13)24-18(14-5-3-9-29-14)17(20(26)21(24)27)19(25)15-6-4-10-30-15/h3-11,18,26H,2H2,1H3. The number of anilines is 1. The lowest BCUT2D eigenvalue weighted by Gasteiger charge is -2.21. The van der Waals surface area contributed by atoms with Gasteiger partial charge in [-0.15, -0.1) is 11.3 Å². The van der Waals surface area contributed by atoms with E-state index >= 15 is 0 Å². The van der Waals surface area contributed by atoms with Crippen molar-refractivity contribution in [3.8, 4) is 5.75 Å². The first-order valence-electron chi connectivity index (χ1n) is 9.50. The van der Waals surface area contributed by atoms with E-state index in [1.807, 2.05) is 25.1 Å². The molecule has 1 atom stereocenters. The number of hydrogen-bond acceptors (Lipinski definition) is 8. The highest BCUT2D eigenvalue weighted by Gasteiger charge is 2.47. The molecule has 0 bridgehead atoms. The zero-order chi connectivity index (χ0) is 21.5. The second-order valence-corrected chi connectivity index (χ2v) is 8.68. The Balaban J connectivity index is 1.62. The van der Waals surface area contributed by atoms with E-state index in [0.717, 1.165) is 4.70 Å². The van der Waals surface area contributed by atoms with Crippen LogP contribution in [0.3, 0.4) is 0 Å². The number of carbonyl (C=O) groups is 2. The number of aromatic nitrogens is 1. The molecule has 9 heteroatoms. The van der Waals surface area contributed by atoms with E-state index in [-0.39, 0.29) is 5.57 Å². The molecule has 0 radical (unpaired) electrons. The minimum atomic E-state index is -0.913. The summed E-state index contributed by atoms with van der Waals surface area (Å²) in [6, 6.07) is 11.3. The zero-order valence-electron chi connectivity index (χ0n) is 16.3. The summed E-state index contributed by atoms with van der Waals surface area (Å²) >= 11 is 2.52. The van der Waals surface area contributed by atoms with Crippen molar-refractivity contribution in [3.63, 3.8) is 0 Å². The van der Waals surface area contributed by atoms with Crippen LogP contribution in [0.15, 0.2) is 69.9 Å². The Kier molecular flexibility index (Phi) is 4.84. The van der Waals surface area contributed by atoms with Crippen LogP contribution in [0.5, 0.6) is 5.75 Å². The number of benzene rings is 1. The van der Waals surface area contributed by atoms with Crippen LogP contribution in [0.25, 0.3) is 10.2 Å². The smallest absolute Gasteiger partial charge is 0.296 e. The molecule has 0 spiro atoms. The van der Waals surface area contributed by atoms with Crippen LogP contribution in [0, 0.1) is 0 Å². The maximum absolute atomic E-state index is 13.2. The highest BCUT2D eigenvalue weighted by molar-refractivity contribution is 7.22. The average Bonchev–Trinajstić information content (AvgIpc) is 3.55. The topological polar surface area (TPSA) is 92.9 Å². The molecule has 1 aliphatic rings. The van der Waals surface area contributed by atoms with Crippen molar-refractivity contribution < 1.29 is 23.8 Å². The number of thiophene rings is 1. The average molecular weight is 453 g/mol. The first-order valence-corrected chi connectivity index (χ1v) is 11.2. The normalized spacial score (nSPS) is 16.5. The van der Waals surface area contributed by atoms with Crippen molar-refractivity contribution in [2.75, 3.05) is 11.5 Å². The van der Waals surface area contributed by atoms with E-state index in [0.29, 0.717) is 33.6 Å². The Hall–Kier alpha value is -3.43. The number of amides is 1. The fourth-order valence-corrected chi connectivity index (χ4v) is 5.24. The molecule has 1 aliphatic heterocycles. The van der Waals surface area contributed by atoms with E-state index in [1.54, 1.807) is 29.6 Å². The van der Waals surface area contributed by atoms with Crippen LogP contribution in [-0.4, -0.2) is 28.4 Å². The molecule has 0 saturated heterocycles. The van der Waals surface area contributed by atoms with Crippen LogP contribution in [0.2, 0.25) is 0 Å². The van der Waals surface area contributed by atoms with Gasteiger partial charge in [0.25, 0.3) is 5.91 Å². The first-order chi connectivity index (χ1) is 15.1. The van der Waals surface area contributed by atoms with Crippen molar-refractivity contribution >= 4 is 49.7 Å². The van der Waals surface area contributed by atoms with Crippen LogP contribution in [0.1, 0.15) is 28.4 Å². The number of furan rings is 1. The van der Waals surface area contributed by atoms with Gasteiger partial charge < -0.3 is 14.3 Å². The number of rotatable bonds is 6. The molecule has 4 heterocycles. The zero-order valence-corrected chi connectivity index (χ0v) is 17.9. The Morgan fingerprint density at radius 1 is 1.29 bits per heavy atom. The van der Waals surface area contributed by atoms with Crippen LogP contribution < -0.4 is 9.64 Å². The summed E-state index contributed by atoms with van der Waals surface area (Å²) in [6.45, 7) is 2.44. The fraction of sp³-hybridized carbons (Fsp3) is 0.136. The minimum absolute atomic E-state index is 0.0170. The lowest BCUT2D eigenvalue weighted by atomic mass is 10.0. The third-order valence-corrected chi connectivity index (χ3v) is 6.76. The first kappa shape index (κ1) is 19.5. The second-order valence-electron chi connectivity index (χ2n) is 6.72. The summed E-state index contributed by atoms with van der Waals surface area (Å²) in [6.07, 6.45) is 1.47. The SMILES string of the molecule is CCOc1ccc2nc(N3C(=O)C(O)=C(C(=O)c4cccs4)C3c3ccco3)sc2c1. The van der Waals surface area contributed by atoms with Crippen molar-refractivity contribution in [1.29, 1.82) is 0 Å². The molecule has 1 aromatic carbocycles. The molecule has 156 valence electrons. The number of hydrogen-bond donors (Lipinski definition) is 1. The number of Topliss-reactive ketones (excluding diaryl/α,β-unsaturated/α-hetero) is 1. The van der Waals surface area contributed by atoms with Crippen molar-refractivity contribution in [2.24, 2.45) is 0 Å². The van der Waals surface area contributed by atoms with Gasteiger partial charge in [-0.05, 0) is 48.7 Å². The molecule has 3 aromatic heterocycles. The molecular weight excluding hydrogens is 436 g/mol. The van der Waals surface area contributed by atoms with Gasteiger partial charge in [-0.1, -0.05) is 17.4 Å². The third-order valence-electron chi connectivity index (χ3n) is 4.88. The maximum Gasteiger partial charge on any atom is 0.296 e. The second kappa shape index (κ2) is 7.68. The minimum Gasteiger partial charge on any atom is -0.503 e. The van der Waals surface area contributed by atoms with Gasteiger partial charge in [-0.25, -0.2) is 4.98 Å². The van der Waals surface area contributed by atoms with E-state index in [1.165, 1.54) is 33.8 Å². The Morgan fingerprint density at radius 2 is 2.16 bits per heavy atom. The summed E-state index contributed by atoms with van der Waals surface area (Å²) in [4.78, 5) is 32.6. The highest BCUT2D eigenvalue weighted by atomic mass is 32.1. The number of carbonyl (C=O) groups excluding carboxylic acids is 2. The number of ketones is 1. The summed E-state index contributed by atoms with van der Waals surface area (Å²) < 4.78 is 11.9. The Bertz CT molecular complexity index is 1310. The number of aliphatic hydroxyl groups is 1. The maximum atomic E-state index is 13.2. The Morgan fingerprint density at radius 3 is 2.87 bits per heavy atom. The highest BCUT2D eigenvalue weighted by Crippen LogP contribution is 2.44. The Labute approximate surface area is 184 Å². The number of ether oxygens (including phenoxy) is 1. The number of nitrogens with zero attached hydrogens (tertiary/aromatic N) is 2. The third kappa shape index (κ3) is 3.22. The molecule has 31 heavy (non-hydrogen) atoms. The molecule has 4 aromatic rings. The predicted molar refractivity (Wildman–Crippen MR) is 118 cm³/mol. The molecule has 0 aliphatic carbocycles. The van der Waals surface area contributed by atoms with Gasteiger partial charge in [-0.2, -0.15) is 0 Å². The monoisotopic (exact) mass is 452 g/mol. The number of aliphatic hydroxyl groups excluding tert-OH is 1. The lowest BCUT2D eigenvalue weighted by molar-refractivity contribution is -0.117. The van der Waals surface area contributed by atoms with Crippen molar-refractivity contribution in [1.82, 2.24) is 4.98 Å². The van der Waals surface area contributed by atoms with Crippen LogP contribution >= 0.6 is 22.7 Å². The van der Waals surface area contributed by atoms with Gasteiger partial charge in [0.1, 0.15) is 17.6 Å². The fourth-order valence-electron chi connectivity index (χ4n) is 3.54. The van der Waals surface area contributed by atoms with Crippen LogP contribution in [0.4, 0.5) is 5.13 Å². The molecule has 0 fully saturated rings. The summed E-state index contributed by atoms with van der Waals surface area (Å²) in [5.41, 5.74) is 0.670. The van der Waals surface area contributed by atoms with Crippen LogP contribution in [-0.2, 0) is 4.79 Å². The molecular formula is C22H16N2O5S2. The van der Waals surface area contributed by atoms with Gasteiger partial charge in [0.05, 0.1) is 33.5 Å². The summed E-state index contributed by atoms with van der Waals surface area (Å²) in [7, 11) is 0. The van der Waals surface area contributed by atoms with Crippen molar-refractivity contribution in [2.45, 2.75) is 13.0 Å². The number of fused-ring (bicyclic) bond motifs is 1. The lowest BCUT2D eigenvalue weighted by Crippen LogP contribution is -2.30. The van der Waals surface area contributed by atoms with Gasteiger partial charge in [0.2, 0.25) is 5.78 Å². The molecule has 1 amide bonds. The van der Waals surface area contributed by atoms with Crippen molar-refractivity contribution in [3.05, 3.63) is 76.1 Å². The molecule has 0 saturated carbocycles. The van der Waals surface area contributed by atoms with Gasteiger partial charge in [0.15, 0.2) is 10.9 Å². The van der Waals surface area contributed by atoms with E-state index in [9.17, 15) is 14.7 Å². The predicted octanol–water partition coefficient (Wildman–Crippen LogP) is 5.13. The summed E-state index contributed by atoms with van der Waals surface area (Å²) in [5.74, 6) is -0.620. The van der Waals surface area contributed by atoms with E-state index in [2.05, 4.69) is 4.98 Å². The van der Waals surface area contributed by atoms with Gasteiger partial charge in [0, 0.05) is 0 Å². The molecule has 5 rings (SSSR count). The number of thiazole rings is 1. The quantitative estimate of drug-likeness (QED) is 0.408.